The summed E-state index contributed by atoms with van der Waals surface area (Å²) in [5.74, 6) is 0. The minimum atomic E-state index is 0.558. The molecule has 1 atom stereocenters. The third-order valence-corrected chi connectivity index (χ3v) is 3.10. The quantitative estimate of drug-likeness (QED) is 0.796. The van der Waals surface area contributed by atoms with Crippen LogP contribution in [-0.4, -0.2) is 20.6 Å². The summed E-state index contributed by atoms with van der Waals surface area (Å²) in [5, 5.41) is 3.56. The Kier molecular flexibility index (Phi) is 2.96. The summed E-state index contributed by atoms with van der Waals surface area (Å²) in [5.41, 5.74) is 4.14. The van der Waals surface area contributed by atoms with Crippen LogP contribution < -0.4 is 10.2 Å². The molecule has 0 spiro atoms. The van der Waals surface area contributed by atoms with E-state index in [1.165, 1.54) is 29.7 Å². The molecule has 1 aliphatic heterocycles. The number of nitrogens with one attached hydrogen (secondary N) is 1. The molecule has 2 heteroatoms. The maximum Gasteiger partial charge on any atom is 0.0412 e. The van der Waals surface area contributed by atoms with E-state index in [-0.39, 0.29) is 0 Å². The lowest BCUT2D eigenvalue weighted by Gasteiger charge is -2.22. The number of hydrogen-bond acceptors (Lipinski definition) is 2. The van der Waals surface area contributed by atoms with Crippen LogP contribution in [-0.2, 0) is 0 Å². The predicted molar refractivity (Wildman–Crippen MR) is 65.5 cm³/mol. The van der Waals surface area contributed by atoms with Crippen molar-refractivity contribution in [2.75, 3.05) is 25.5 Å². The molecule has 1 saturated heterocycles. The molecule has 1 heterocycles. The van der Waals surface area contributed by atoms with Crippen molar-refractivity contribution in [3.05, 3.63) is 29.3 Å². The van der Waals surface area contributed by atoms with Crippen molar-refractivity contribution < 1.29 is 0 Å². The van der Waals surface area contributed by atoms with Gasteiger partial charge in [-0.15, -0.1) is 0 Å². The molecule has 0 amide bonds. The van der Waals surface area contributed by atoms with Crippen molar-refractivity contribution in [1.82, 2.24) is 5.32 Å². The summed E-state index contributed by atoms with van der Waals surface area (Å²) < 4.78 is 0. The van der Waals surface area contributed by atoms with Crippen molar-refractivity contribution in [2.24, 2.45) is 0 Å². The topological polar surface area (TPSA) is 15.3 Å². The number of hydrogen-bond donors (Lipinski definition) is 1. The molecule has 0 aromatic heterocycles. The van der Waals surface area contributed by atoms with Crippen LogP contribution in [0.4, 0.5) is 5.69 Å². The van der Waals surface area contributed by atoms with Gasteiger partial charge >= 0.3 is 0 Å². The molecule has 1 unspecified atom stereocenters. The maximum absolute atomic E-state index is 3.56. The van der Waals surface area contributed by atoms with Crippen LogP contribution in [0.1, 0.15) is 30.0 Å². The van der Waals surface area contributed by atoms with Crippen LogP contribution in [0, 0.1) is 6.92 Å². The van der Waals surface area contributed by atoms with Gasteiger partial charge < -0.3 is 10.2 Å². The van der Waals surface area contributed by atoms with Gasteiger partial charge in [-0.25, -0.2) is 0 Å². The summed E-state index contributed by atoms with van der Waals surface area (Å²) >= 11 is 0. The van der Waals surface area contributed by atoms with Gasteiger partial charge in [-0.1, -0.05) is 12.1 Å². The third-order valence-electron chi connectivity index (χ3n) is 3.10. The van der Waals surface area contributed by atoms with E-state index >= 15 is 0 Å². The van der Waals surface area contributed by atoms with Gasteiger partial charge in [0.2, 0.25) is 0 Å². The van der Waals surface area contributed by atoms with Crippen LogP contribution in [0.3, 0.4) is 0 Å². The Hall–Kier alpha value is -1.02. The molecule has 0 radical (unpaired) electrons. The highest BCUT2D eigenvalue weighted by molar-refractivity contribution is 5.56. The highest BCUT2D eigenvalue weighted by Crippen LogP contribution is 2.31. The predicted octanol–water partition coefficient (Wildman–Crippen LogP) is 2.49. The molecule has 0 saturated carbocycles. The second-order valence-corrected chi connectivity index (χ2v) is 4.61. The zero-order chi connectivity index (χ0) is 10.8. The fraction of sp³-hybridized carbons (Fsp3) is 0.538. The van der Waals surface area contributed by atoms with Gasteiger partial charge in [-0.05, 0) is 43.5 Å². The fourth-order valence-corrected chi connectivity index (χ4v) is 2.29. The van der Waals surface area contributed by atoms with E-state index in [2.05, 4.69) is 49.4 Å². The molecule has 1 aliphatic rings. The lowest BCUT2D eigenvalue weighted by atomic mass is 10.0. The Morgan fingerprint density at radius 3 is 2.73 bits per heavy atom. The Labute approximate surface area is 92.3 Å². The third kappa shape index (κ3) is 2.15. The second-order valence-electron chi connectivity index (χ2n) is 4.61. The largest absolute Gasteiger partial charge is 0.377 e. The van der Waals surface area contributed by atoms with Crippen LogP contribution in [0.2, 0.25) is 0 Å². The highest BCUT2D eigenvalue weighted by Gasteiger charge is 2.19. The summed E-state index contributed by atoms with van der Waals surface area (Å²) in [6, 6.07) is 7.31. The second kappa shape index (κ2) is 4.23. The van der Waals surface area contributed by atoms with E-state index in [4.69, 9.17) is 0 Å². The van der Waals surface area contributed by atoms with E-state index in [0.29, 0.717) is 6.04 Å². The minimum Gasteiger partial charge on any atom is -0.377 e. The van der Waals surface area contributed by atoms with Gasteiger partial charge in [-0.2, -0.15) is 0 Å². The standard InChI is InChI=1S/C13H20N2/c1-10-6-7-11(12-5-4-8-14-12)13(9-10)15(2)3/h6-7,9,12,14H,4-5,8H2,1-3H3. The molecule has 0 aliphatic carbocycles. The molecule has 1 fully saturated rings. The fourth-order valence-electron chi connectivity index (χ4n) is 2.29. The van der Waals surface area contributed by atoms with Crippen molar-refractivity contribution in [3.8, 4) is 0 Å². The van der Waals surface area contributed by atoms with Crippen LogP contribution in [0.5, 0.6) is 0 Å². The Balaban J connectivity index is 2.36. The van der Waals surface area contributed by atoms with Crippen LogP contribution in [0.25, 0.3) is 0 Å². The van der Waals surface area contributed by atoms with Gasteiger partial charge in [-0.3, -0.25) is 0 Å². The smallest absolute Gasteiger partial charge is 0.0412 e. The highest BCUT2D eigenvalue weighted by atomic mass is 15.1. The van der Waals surface area contributed by atoms with Crippen molar-refractivity contribution in [1.29, 1.82) is 0 Å². The Morgan fingerprint density at radius 2 is 2.13 bits per heavy atom. The molecular weight excluding hydrogens is 184 g/mol. The van der Waals surface area contributed by atoms with Crippen LogP contribution >= 0.6 is 0 Å². The first-order chi connectivity index (χ1) is 7.18. The summed E-state index contributed by atoms with van der Waals surface area (Å²) in [4.78, 5) is 2.21. The zero-order valence-electron chi connectivity index (χ0n) is 9.88. The number of rotatable bonds is 2. The van der Waals surface area contributed by atoms with Crippen molar-refractivity contribution in [2.45, 2.75) is 25.8 Å². The lowest BCUT2D eigenvalue weighted by Crippen LogP contribution is -2.18. The molecule has 0 bridgehead atoms. The van der Waals surface area contributed by atoms with Gasteiger partial charge in [0, 0.05) is 25.8 Å². The molecule has 15 heavy (non-hydrogen) atoms. The monoisotopic (exact) mass is 204 g/mol. The van der Waals surface area contributed by atoms with Gasteiger partial charge in [0.05, 0.1) is 0 Å². The summed E-state index contributed by atoms with van der Waals surface area (Å²) in [7, 11) is 4.24. The number of anilines is 1. The molecule has 82 valence electrons. The zero-order valence-corrected chi connectivity index (χ0v) is 9.88. The van der Waals surface area contributed by atoms with E-state index in [1.807, 2.05) is 0 Å². The molecule has 2 nitrogen and oxygen atoms in total. The van der Waals surface area contributed by atoms with E-state index in [9.17, 15) is 0 Å². The van der Waals surface area contributed by atoms with E-state index < -0.39 is 0 Å². The van der Waals surface area contributed by atoms with E-state index in [1.54, 1.807) is 0 Å². The average molecular weight is 204 g/mol. The first-order valence-electron chi connectivity index (χ1n) is 5.70. The van der Waals surface area contributed by atoms with E-state index in [0.717, 1.165) is 6.54 Å². The Bertz CT molecular complexity index is 338. The van der Waals surface area contributed by atoms with Gasteiger partial charge in [0.1, 0.15) is 0 Å². The number of benzene rings is 1. The first-order valence-corrected chi connectivity index (χ1v) is 5.70. The molecule has 2 rings (SSSR count). The first kappa shape index (κ1) is 10.5. The number of aryl methyl sites for hydroxylation is 1. The Morgan fingerprint density at radius 1 is 1.33 bits per heavy atom. The molecular formula is C13H20N2. The van der Waals surface area contributed by atoms with Crippen LogP contribution in [0.15, 0.2) is 18.2 Å². The lowest BCUT2D eigenvalue weighted by molar-refractivity contribution is 0.647. The minimum absolute atomic E-state index is 0.558. The van der Waals surface area contributed by atoms with Gasteiger partial charge in [0.25, 0.3) is 0 Å². The average Bonchev–Trinajstić information content (AvgIpc) is 2.70. The SMILES string of the molecule is Cc1ccc(C2CCCN2)c(N(C)C)c1. The molecule has 1 aromatic rings. The van der Waals surface area contributed by atoms with Crippen molar-refractivity contribution in [3.63, 3.8) is 0 Å². The summed E-state index contributed by atoms with van der Waals surface area (Å²) in [6.45, 7) is 3.31. The summed E-state index contributed by atoms with van der Waals surface area (Å²) in [6.07, 6.45) is 2.56. The number of nitrogens with zero attached hydrogens (tertiary/aromatic N) is 1. The van der Waals surface area contributed by atoms with Gasteiger partial charge in [0.15, 0.2) is 0 Å². The van der Waals surface area contributed by atoms with Crippen molar-refractivity contribution >= 4 is 5.69 Å². The molecule has 1 N–H and O–H groups in total. The molecule has 1 aromatic carbocycles. The normalized spacial score (nSPS) is 20.6. The maximum atomic E-state index is 3.56.